The van der Waals surface area contributed by atoms with Crippen molar-refractivity contribution in [1.82, 2.24) is 14.0 Å². The first-order valence-corrected chi connectivity index (χ1v) is 13.8. The van der Waals surface area contributed by atoms with E-state index in [1.165, 1.54) is 21.8 Å². The third kappa shape index (κ3) is 3.31. The smallest absolute Gasteiger partial charge is 0.137 e. The number of para-hydroxylation sites is 3. The van der Waals surface area contributed by atoms with Gasteiger partial charge in [0.15, 0.2) is 0 Å². The van der Waals surface area contributed by atoms with Crippen molar-refractivity contribution in [3.8, 4) is 28.1 Å². The molecule has 192 valence electrons. The molecule has 0 saturated carbocycles. The van der Waals surface area contributed by atoms with Crippen molar-refractivity contribution >= 4 is 49.4 Å². The molecule has 41 heavy (non-hydrogen) atoms. The van der Waals surface area contributed by atoms with Crippen LogP contribution in [0.2, 0.25) is 0 Å². The van der Waals surface area contributed by atoms with Crippen molar-refractivity contribution in [2.75, 3.05) is 0 Å². The number of hydrogen-bond donors (Lipinski definition) is 0. The molecule has 0 N–H and O–H groups in total. The number of fused-ring (bicyclic) bond motifs is 7. The minimum atomic E-state index is 0.883. The molecular formula is C37H23N3O. The third-order valence-corrected chi connectivity index (χ3v) is 8.17. The summed E-state index contributed by atoms with van der Waals surface area (Å²) in [6.07, 6.45) is 4.11. The highest BCUT2D eigenvalue weighted by atomic mass is 16.3. The average Bonchev–Trinajstić information content (AvgIpc) is 3.72. The molecule has 0 bridgehead atoms. The molecule has 0 amide bonds. The Morgan fingerprint density at radius 2 is 1.20 bits per heavy atom. The Balaban J connectivity index is 1.31. The number of nitrogens with zero attached hydrogens (tertiary/aromatic N) is 3. The van der Waals surface area contributed by atoms with Crippen LogP contribution in [-0.2, 0) is 0 Å². The molecule has 0 aliphatic carbocycles. The zero-order valence-electron chi connectivity index (χ0n) is 22.0. The number of hydrogen-bond acceptors (Lipinski definition) is 2. The Morgan fingerprint density at radius 3 is 1.95 bits per heavy atom. The number of aromatic nitrogens is 3. The van der Waals surface area contributed by atoms with Crippen molar-refractivity contribution in [1.29, 1.82) is 0 Å². The van der Waals surface area contributed by atoms with E-state index in [0.717, 1.165) is 55.7 Å². The third-order valence-electron chi connectivity index (χ3n) is 8.17. The number of furan rings is 1. The summed E-state index contributed by atoms with van der Waals surface area (Å²) in [5.74, 6) is 0. The fourth-order valence-electron chi connectivity index (χ4n) is 6.25. The van der Waals surface area contributed by atoms with Gasteiger partial charge in [0.2, 0.25) is 0 Å². The Bertz CT molecular complexity index is 2340. The summed E-state index contributed by atoms with van der Waals surface area (Å²) in [6.45, 7) is 0. The lowest BCUT2D eigenvalue weighted by molar-refractivity contribution is 0.668. The zero-order chi connectivity index (χ0) is 26.9. The Morgan fingerprint density at radius 1 is 0.537 bits per heavy atom. The molecule has 9 aromatic rings. The molecule has 0 spiro atoms. The largest absolute Gasteiger partial charge is 0.456 e. The molecule has 0 atom stereocenters. The van der Waals surface area contributed by atoms with Gasteiger partial charge in [0.25, 0.3) is 0 Å². The summed E-state index contributed by atoms with van der Waals surface area (Å²) >= 11 is 0. The predicted octanol–water partition coefficient (Wildman–Crippen LogP) is 9.66. The molecule has 5 aromatic carbocycles. The van der Waals surface area contributed by atoms with Crippen molar-refractivity contribution in [3.05, 3.63) is 140 Å². The number of benzene rings is 5. The minimum Gasteiger partial charge on any atom is -0.456 e. The van der Waals surface area contributed by atoms with Crippen LogP contribution in [0.15, 0.2) is 144 Å². The molecule has 0 aliphatic heterocycles. The quantitative estimate of drug-likeness (QED) is 0.230. The molecular weight excluding hydrogens is 502 g/mol. The molecule has 0 fully saturated rings. The van der Waals surface area contributed by atoms with Crippen molar-refractivity contribution in [2.24, 2.45) is 0 Å². The maximum Gasteiger partial charge on any atom is 0.137 e. The topological polar surface area (TPSA) is 35.4 Å². The molecule has 0 radical (unpaired) electrons. The average molecular weight is 526 g/mol. The Kier molecular flexibility index (Phi) is 4.58. The lowest BCUT2D eigenvalue weighted by atomic mass is 9.98. The summed E-state index contributed by atoms with van der Waals surface area (Å²) in [7, 11) is 0. The van der Waals surface area contributed by atoms with Gasteiger partial charge in [-0.3, -0.25) is 0 Å². The van der Waals surface area contributed by atoms with Gasteiger partial charge in [0.1, 0.15) is 16.8 Å². The first kappa shape index (κ1) is 22.2. The van der Waals surface area contributed by atoms with Crippen molar-refractivity contribution in [2.45, 2.75) is 0 Å². The standard InChI is InChI=1S/C37H23N3O/c1-4-12-32-26(9-1)27-10-2-5-13-33(27)40(32)34-22-36-30(28-11-3-6-14-35(28)41-36)21-29(34)24-16-18-25(19-17-24)31-23-39-20-8-7-15-37(39)38-31/h1-23H. The van der Waals surface area contributed by atoms with Gasteiger partial charge >= 0.3 is 0 Å². The van der Waals surface area contributed by atoms with Crippen LogP contribution in [0.4, 0.5) is 0 Å². The fourth-order valence-corrected chi connectivity index (χ4v) is 6.25. The normalized spacial score (nSPS) is 11.9. The molecule has 4 heteroatoms. The highest BCUT2D eigenvalue weighted by Gasteiger charge is 2.19. The van der Waals surface area contributed by atoms with Gasteiger partial charge in [0, 0.05) is 51.1 Å². The first-order chi connectivity index (χ1) is 20.3. The highest BCUT2D eigenvalue weighted by Crippen LogP contribution is 2.40. The lowest BCUT2D eigenvalue weighted by Crippen LogP contribution is -1.97. The Labute approximate surface area is 235 Å². The molecule has 4 aromatic heterocycles. The second-order valence-electron chi connectivity index (χ2n) is 10.5. The van der Waals surface area contributed by atoms with Gasteiger partial charge < -0.3 is 13.4 Å². The van der Waals surface area contributed by atoms with Crippen LogP contribution in [-0.4, -0.2) is 14.0 Å². The van der Waals surface area contributed by atoms with Crippen LogP contribution in [0.3, 0.4) is 0 Å². The van der Waals surface area contributed by atoms with Crippen LogP contribution < -0.4 is 0 Å². The van der Waals surface area contributed by atoms with E-state index < -0.39 is 0 Å². The summed E-state index contributed by atoms with van der Waals surface area (Å²) < 4.78 is 10.8. The number of imidazole rings is 1. The fraction of sp³-hybridized carbons (Fsp3) is 0. The van der Waals surface area contributed by atoms with Crippen LogP contribution in [0.25, 0.3) is 77.5 Å². The van der Waals surface area contributed by atoms with Gasteiger partial charge in [-0.15, -0.1) is 0 Å². The molecule has 0 saturated heterocycles. The highest BCUT2D eigenvalue weighted by molar-refractivity contribution is 6.12. The summed E-state index contributed by atoms with van der Waals surface area (Å²) in [5, 5.41) is 4.71. The van der Waals surface area contributed by atoms with Crippen molar-refractivity contribution < 1.29 is 4.42 Å². The van der Waals surface area contributed by atoms with E-state index in [9.17, 15) is 0 Å². The Hall–Kier alpha value is -5.61. The van der Waals surface area contributed by atoms with Crippen LogP contribution in [0.5, 0.6) is 0 Å². The van der Waals surface area contributed by atoms with Gasteiger partial charge in [-0.1, -0.05) is 84.9 Å². The van der Waals surface area contributed by atoms with Crippen molar-refractivity contribution in [3.63, 3.8) is 0 Å². The van der Waals surface area contributed by atoms with Crippen LogP contribution >= 0.6 is 0 Å². The summed E-state index contributed by atoms with van der Waals surface area (Å²) in [4.78, 5) is 4.83. The van der Waals surface area contributed by atoms with E-state index in [0.29, 0.717) is 0 Å². The molecule has 4 nitrogen and oxygen atoms in total. The van der Waals surface area contributed by atoms with E-state index in [1.807, 2.05) is 36.5 Å². The first-order valence-electron chi connectivity index (χ1n) is 13.8. The van der Waals surface area contributed by atoms with E-state index in [4.69, 9.17) is 9.40 Å². The van der Waals surface area contributed by atoms with Gasteiger partial charge in [-0.25, -0.2) is 4.98 Å². The second kappa shape index (κ2) is 8.44. The molecule has 0 aliphatic rings. The SMILES string of the molecule is c1ccc2c(c1)oc1cc(-n3c4ccccc4c4ccccc43)c(-c3ccc(-c4cn5ccccc5n4)cc3)cc12. The number of pyridine rings is 1. The maximum absolute atomic E-state index is 6.39. The monoisotopic (exact) mass is 525 g/mol. The summed E-state index contributed by atoms with van der Waals surface area (Å²) in [5.41, 5.74) is 10.5. The number of rotatable bonds is 3. The van der Waals surface area contributed by atoms with E-state index >= 15 is 0 Å². The minimum absolute atomic E-state index is 0.883. The van der Waals surface area contributed by atoms with E-state index in [1.54, 1.807) is 0 Å². The van der Waals surface area contributed by atoms with Gasteiger partial charge in [-0.05, 0) is 42.0 Å². The predicted molar refractivity (Wildman–Crippen MR) is 168 cm³/mol. The lowest BCUT2D eigenvalue weighted by Gasteiger charge is -2.15. The van der Waals surface area contributed by atoms with Gasteiger partial charge in [0.05, 0.1) is 22.4 Å². The van der Waals surface area contributed by atoms with Crippen LogP contribution in [0, 0.1) is 0 Å². The van der Waals surface area contributed by atoms with Crippen LogP contribution in [0.1, 0.15) is 0 Å². The summed E-state index contributed by atoms with van der Waals surface area (Å²) in [6, 6.07) is 44.9. The second-order valence-corrected chi connectivity index (χ2v) is 10.5. The zero-order valence-corrected chi connectivity index (χ0v) is 22.0. The van der Waals surface area contributed by atoms with Gasteiger partial charge in [-0.2, -0.15) is 0 Å². The molecule has 9 rings (SSSR count). The maximum atomic E-state index is 6.39. The molecule has 4 heterocycles. The van der Waals surface area contributed by atoms with E-state index in [-0.39, 0.29) is 0 Å². The molecule has 0 unspecified atom stereocenters. The van der Waals surface area contributed by atoms with E-state index in [2.05, 4.69) is 112 Å².